The maximum Gasteiger partial charge on any atom is 0.0710 e. The fraction of sp³-hybridized carbons (Fsp3) is 0.133. The van der Waals surface area contributed by atoms with E-state index >= 15 is 0 Å². The van der Waals surface area contributed by atoms with Gasteiger partial charge in [0, 0.05) is 17.1 Å². The van der Waals surface area contributed by atoms with Crippen molar-refractivity contribution in [1.82, 2.24) is 9.97 Å². The van der Waals surface area contributed by atoms with Gasteiger partial charge >= 0.3 is 0 Å². The fourth-order valence-electron chi connectivity index (χ4n) is 2.12. The van der Waals surface area contributed by atoms with Gasteiger partial charge in [0.2, 0.25) is 0 Å². The third kappa shape index (κ3) is 2.29. The molecule has 0 spiro atoms. The van der Waals surface area contributed by atoms with E-state index in [2.05, 4.69) is 22.2 Å². The molecule has 0 atom stereocenters. The predicted octanol–water partition coefficient (Wildman–Crippen LogP) is 4.14. The molecule has 0 aliphatic carbocycles. The molecule has 0 radical (unpaired) electrons. The first kappa shape index (κ1) is 12.1. The van der Waals surface area contributed by atoms with Crippen LogP contribution < -0.4 is 5.32 Å². The lowest BCUT2D eigenvalue weighted by Gasteiger charge is -2.07. The van der Waals surface area contributed by atoms with Crippen molar-refractivity contribution in [3.63, 3.8) is 0 Å². The smallest absolute Gasteiger partial charge is 0.0710 e. The monoisotopic (exact) mass is 271 g/mol. The first-order valence-electron chi connectivity index (χ1n) is 6.15. The van der Waals surface area contributed by atoms with Gasteiger partial charge in [-0.25, -0.2) is 0 Å². The number of H-pyrrole nitrogens is 1. The van der Waals surface area contributed by atoms with Gasteiger partial charge in [0.15, 0.2) is 0 Å². The molecule has 3 aromatic rings. The summed E-state index contributed by atoms with van der Waals surface area (Å²) >= 11 is 6.38. The van der Waals surface area contributed by atoms with Crippen molar-refractivity contribution in [2.75, 3.05) is 5.32 Å². The van der Waals surface area contributed by atoms with Crippen LogP contribution in [0.2, 0.25) is 5.02 Å². The Morgan fingerprint density at radius 2 is 2.11 bits per heavy atom. The van der Waals surface area contributed by atoms with E-state index in [-0.39, 0.29) is 0 Å². The Morgan fingerprint density at radius 3 is 2.89 bits per heavy atom. The van der Waals surface area contributed by atoms with Crippen LogP contribution in [0.5, 0.6) is 0 Å². The molecule has 19 heavy (non-hydrogen) atoms. The third-order valence-corrected chi connectivity index (χ3v) is 3.64. The number of benzene rings is 1. The van der Waals surface area contributed by atoms with Crippen molar-refractivity contribution in [3.05, 3.63) is 59.0 Å². The zero-order valence-electron chi connectivity index (χ0n) is 10.6. The van der Waals surface area contributed by atoms with Gasteiger partial charge in [0.25, 0.3) is 0 Å². The molecule has 3 rings (SSSR count). The van der Waals surface area contributed by atoms with Gasteiger partial charge in [-0.3, -0.25) is 4.98 Å². The van der Waals surface area contributed by atoms with Crippen LogP contribution >= 0.6 is 11.6 Å². The van der Waals surface area contributed by atoms with Crippen molar-refractivity contribution < 1.29 is 0 Å². The van der Waals surface area contributed by atoms with Gasteiger partial charge in [-0.15, -0.1) is 0 Å². The van der Waals surface area contributed by atoms with Crippen LogP contribution in [-0.4, -0.2) is 9.97 Å². The maximum atomic E-state index is 6.38. The number of rotatable bonds is 3. The highest BCUT2D eigenvalue weighted by Gasteiger charge is 2.08. The SMILES string of the molecule is Cc1ccncc1NCc1[nH]c2ccccc2c1Cl. The molecular formula is C15H14ClN3. The van der Waals surface area contributed by atoms with Gasteiger partial charge < -0.3 is 10.3 Å². The van der Waals surface area contributed by atoms with Gasteiger partial charge in [-0.1, -0.05) is 29.8 Å². The molecule has 0 saturated heterocycles. The van der Waals surface area contributed by atoms with Crippen LogP contribution in [0.1, 0.15) is 11.3 Å². The van der Waals surface area contributed by atoms with Crippen LogP contribution in [0, 0.1) is 6.92 Å². The average molecular weight is 272 g/mol. The minimum absolute atomic E-state index is 0.653. The van der Waals surface area contributed by atoms with E-state index in [9.17, 15) is 0 Å². The number of nitrogens with one attached hydrogen (secondary N) is 2. The van der Waals surface area contributed by atoms with E-state index in [4.69, 9.17) is 11.6 Å². The number of fused-ring (bicyclic) bond motifs is 1. The second kappa shape index (κ2) is 4.94. The number of para-hydroxylation sites is 1. The molecule has 0 bridgehead atoms. The minimum atomic E-state index is 0.653. The molecule has 0 aliphatic heterocycles. The molecule has 0 unspecified atom stereocenters. The Labute approximate surface area is 116 Å². The highest BCUT2D eigenvalue weighted by Crippen LogP contribution is 2.27. The summed E-state index contributed by atoms with van der Waals surface area (Å²) in [5, 5.41) is 5.19. The van der Waals surface area contributed by atoms with Gasteiger partial charge in [0.1, 0.15) is 0 Å². The standard InChI is InChI=1S/C15H14ClN3/c1-10-6-7-17-8-13(10)18-9-14-15(16)11-4-2-3-5-12(11)19-14/h2-8,18-19H,9H2,1H3. The lowest BCUT2D eigenvalue weighted by atomic mass is 10.2. The van der Waals surface area contributed by atoms with Gasteiger partial charge in [-0.05, 0) is 24.6 Å². The van der Waals surface area contributed by atoms with E-state index in [0.29, 0.717) is 6.54 Å². The molecule has 0 fully saturated rings. The quantitative estimate of drug-likeness (QED) is 0.752. The van der Waals surface area contributed by atoms with E-state index in [0.717, 1.165) is 27.3 Å². The van der Waals surface area contributed by atoms with E-state index in [1.807, 2.05) is 36.5 Å². The second-order valence-corrected chi connectivity index (χ2v) is 4.89. The highest BCUT2D eigenvalue weighted by atomic mass is 35.5. The molecule has 4 heteroatoms. The summed E-state index contributed by atoms with van der Waals surface area (Å²) in [6, 6.07) is 10.0. The molecule has 0 saturated carbocycles. The van der Waals surface area contributed by atoms with Gasteiger partial charge in [0.05, 0.1) is 29.1 Å². The first-order valence-corrected chi connectivity index (χ1v) is 6.53. The van der Waals surface area contributed by atoms with Crippen molar-refractivity contribution in [2.24, 2.45) is 0 Å². The number of pyridine rings is 1. The first-order chi connectivity index (χ1) is 9.25. The van der Waals surface area contributed by atoms with E-state index in [1.165, 1.54) is 5.56 Å². The number of aryl methyl sites for hydroxylation is 1. The summed E-state index contributed by atoms with van der Waals surface area (Å²) in [7, 11) is 0. The van der Waals surface area contributed by atoms with Crippen molar-refractivity contribution in [1.29, 1.82) is 0 Å². The number of nitrogens with zero attached hydrogens (tertiary/aromatic N) is 1. The predicted molar refractivity (Wildman–Crippen MR) is 79.6 cm³/mol. The molecule has 2 heterocycles. The molecule has 96 valence electrons. The average Bonchev–Trinajstić information content (AvgIpc) is 2.75. The fourth-order valence-corrected chi connectivity index (χ4v) is 2.40. The summed E-state index contributed by atoms with van der Waals surface area (Å²) in [5.41, 5.74) is 4.25. The van der Waals surface area contributed by atoms with Crippen LogP contribution in [-0.2, 0) is 6.54 Å². The Morgan fingerprint density at radius 1 is 1.26 bits per heavy atom. The highest BCUT2D eigenvalue weighted by molar-refractivity contribution is 6.36. The summed E-state index contributed by atoms with van der Waals surface area (Å²) in [4.78, 5) is 7.46. The summed E-state index contributed by atoms with van der Waals surface area (Å²) < 4.78 is 0. The topological polar surface area (TPSA) is 40.7 Å². The minimum Gasteiger partial charge on any atom is -0.378 e. The van der Waals surface area contributed by atoms with Crippen LogP contribution in [0.25, 0.3) is 10.9 Å². The van der Waals surface area contributed by atoms with Gasteiger partial charge in [-0.2, -0.15) is 0 Å². The lowest BCUT2D eigenvalue weighted by molar-refractivity contribution is 1.07. The van der Waals surface area contributed by atoms with E-state index in [1.54, 1.807) is 6.20 Å². The molecule has 0 amide bonds. The van der Waals surface area contributed by atoms with Crippen molar-refractivity contribution >= 4 is 28.2 Å². The molecule has 2 aromatic heterocycles. The normalized spacial score (nSPS) is 10.8. The zero-order valence-corrected chi connectivity index (χ0v) is 11.3. The molecule has 3 nitrogen and oxygen atoms in total. The Bertz CT molecular complexity index is 718. The maximum absolute atomic E-state index is 6.38. The number of hydrogen-bond acceptors (Lipinski definition) is 2. The summed E-state index contributed by atoms with van der Waals surface area (Å²) in [6.07, 6.45) is 3.61. The number of halogens is 1. The summed E-state index contributed by atoms with van der Waals surface area (Å²) in [6.45, 7) is 2.71. The molecule has 0 aliphatic rings. The van der Waals surface area contributed by atoms with Crippen molar-refractivity contribution in [3.8, 4) is 0 Å². The molecule has 2 N–H and O–H groups in total. The Hall–Kier alpha value is -2.00. The number of aromatic amines is 1. The Balaban J connectivity index is 1.86. The third-order valence-electron chi connectivity index (χ3n) is 3.21. The largest absolute Gasteiger partial charge is 0.378 e. The number of hydrogen-bond donors (Lipinski definition) is 2. The lowest BCUT2D eigenvalue weighted by Crippen LogP contribution is -2.02. The second-order valence-electron chi connectivity index (χ2n) is 4.51. The number of anilines is 1. The van der Waals surface area contributed by atoms with Crippen LogP contribution in [0.4, 0.5) is 5.69 Å². The summed E-state index contributed by atoms with van der Waals surface area (Å²) in [5.74, 6) is 0. The number of aromatic nitrogens is 2. The molecule has 1 aromatic carbocycles. The Kier molecular flexibility index (Phi) is 3.13. The zero-order chi connectivity index (χ0) is 13.2. The van der Waals surface area contributed by atoms with Crippen LogP contribution in [0.15, 0.2) is 42.7 Å². The van der Waals surface area contributed by atoms with Crippen molar-refractivity contribution in [2.45, 2.75) is 13.5 Å². The molecular weight excluding hydrogens is 258 g/mol. The van der Waals surface area contributed by atoms with E-state index < -0.39 is 0 Å². The van der Waals surface area contributed by atoms with Crippen LogP contribution in [0.3, 0.4) is 0 Å².